The number of benzene rings is 1. The maximum absolute atomic E-state index is 5.56. The molecule has 1 aromatic carbocycles. The molecule has 2 rings (SSSR count). The molecule has 0 bridgehead atoms. The van der Waals surface area contributed by atoms with E-state index in [4.69, 9.17) is 4.74 Å². The molecule has 0 fully saturated rings. The molecule has 1 aliphatic rings. The molecule has 1 unspecified atom stereocenters. The number of halogens is 1. The summed E-state index contributed by atoms with van der Waals surface area (Å²) in [5, 5.41) is 0. The van der Waals surface area contributed by atoms with Gasteiger partial charge >= 0.3 is 0 Å². The number of hydrogen-bond donors (Lipinski definition) is 0. The van der Waals surface area contributed by atoms with Gasteiger partial charge in [0.15, 0.2) is 0 Å². The van der Waals surface area contributed by atoms with Crippen molar-refractivity contribution in [2.45, 2.75) is 19.4 Å². The summed E-state index contributed by atoms with van der Waals surface area (Å²) >= 11 is 3.54. The van der Waals surface area contributed by atoms with Gasteiger partial charge in [-0.05, 0) is 30.5 Å². The van der Waals surface area contributed by atoms with Crippen molar-refractivity contribution in [2.24, 2.45) is 0 Å². The Morgan fingerprint density at radius 2 is 2.33 bits per heavy atom. The third-order valence-corrected chi connectivity index (χ3v) is 2.98. The molecular formula is C10H11BrO. The van der Waals surface area contributed by atoms with Gasteiger partial charge in [-0.1, -0.05) is 28.1 Å². The lowest BCUT2D eigenvalue weighted by atomic mass is 9.99. The third kappa shape index (κ3) is 1.29. The van der Waals surface area contributed by atoms with E-state index < -0.39 is 0 Å². The van der Waals surface area contributed by atoms with E-state index in [-0.39, 0.29) is 6.10 Å². The monoisotopic (exact) mass is 226 g/mol. The molecule has 64 valence electrons. The summed E-state index contributed by atoms with van der Waals surface area (Å²) in [5.74, 6) is 0. The summed E-state index contributed by atoms with van der Waals surface area (Å²) in [7, 11) is 0. The predicted molar refractivity (Wildman–Crippen MR) is 52.2 cm³/mol. The van der Waals surface area contributed by atoms with Crippen LogP contribution in [0.3, 0.4) is 0 Å². The summed E-state index contributed by atoms with van der Waals surface area (Å²) < 4.78 is 6.73. The van der Waals surface area contributed by atoms with Crippen molar-refractivity contribution < 1.29 is 4.74 Å². The van der Waals surface area contributed by atoms with E-state index in [9.17, 15) is 0 Å². The molecule has 1 atom stereocenters. The molecule has 0 spiro atoms. The maximum Gasteiger partial charge on any atom is 0.0810 e. The Labute approximate surface area is 80.9 Å². The average molecular weight is 227 g/mol. The molecule has 12 heavy (non-hydrogen) atoms. The van der Waals surface area contributed by atoms with Gasteiger partial charge < -0.3 is 4.74 Å². The Morgan fingerprint density at radius 1 is 1.50 bits per heavy atom. The Bertz CT molecular complexity index is 296. The van der Waals surface area contributed by atoms with Gasteiger partial charge in [0.05, 0.1) is 12.7 Å². The van der Waals surface area contributed by atoms with Crippen LogP contribution in [0.25, 0.3) is 0 Å². The van der Waals surface area contributed by atoms with Gasteiger partial charge in [0.1, 0.15) is 0 Å². The van der Waals surface area contributed by atoms with Crippen LogP contribution in [0.4, 0.5) is 0 Å². The van der Waals surface area contributed by atoms with Crippen LogP contribution in [-0.4, -0.2) is 6.61 Å². The molecule has 0 radical (unpaired) electrons. The highest BCUT2D eigenvalue weighted by atomic mass is 79.9. The highest BCUT2D eigenvalue weighted by Gasteiger charge is 2.18. The van der Waals surface area contributed by atoms with Crippen molar-refractivity contribution >= 4 is 15.9 Å². The molecule has 0 N–H and O–H groups in total. The Morgan fingerprint density at radius 3 is 3.08 bits per heavy atom. The number of fused-ring (bicyclic) bond motifs is 1. The van der Waals surface area contributed by atoms with Gasteiger partial charge in [-0.15, -0.1) is 0 Å². The zero-order chi connectivity index (χ0) is 8.55. The van der Waals surface area contributed by atoms with E-state index in [0.29, 0.717) is 0 Å². The fraction of sp³-hybridized carbons (Fsp3) is 0.400. The number of rotatable bonds is 0. The Kier molecular flexibility index (Phi) is 2.20. The number of ether oxygens (including phenoxy) is 1. The smallest absolute Gasteiger partial charge is 0.0810 e. The molecule has 0 saturated carbocycles. The molecule has 0 aliphatic carbocycles. The lowest BCUT2D eigenvalue weighted by Gasteiger charge is -2.23. The van der Waals surface area contributed by atoms with Crippen LogP contribution in [0.2, 0.25) is 0 Å². The van der Waals surface area contributed by atoms with Gasteiger partial charge in [-0.2, -0.15) is 0 Å². The molecule has 1 aromatic rings. The van der Waals surface area contributed by atoms with Gasteiger partial charge in [-0.3, -0.25) is 0 Å². The molecule has 0 aromatic heterocycles. The predicted octanol–water partition coefficient (Wildman–Crippen LogP) is 3.08. The molecule has 0 saturated heterocycles. The SMILES string of the molecule is CC1OCCc2cccc(Br)c21. The summed E-state index contributed by atoms with van der Waals surface area (Å²) in [6, 6.07) is 6.34. The van der Waals surface area contributed by atoms with Crippen LogP contribution in [0.15, 0.2) is 22.7 Å². The summed E-state index contributed by atoms with van der Waals surface area (Å²) in [6.45, 7) is 2.95. The highest BCUT2D eigenvalue weighted by molar-refractivity contribution is 9.10. The normalized spacial score (nSPS) is 22.0. The van der Waals surface area contributed by atoms with E-state index in [2.05, 4.69) is 41.1 Å². The molecule has 1 nitrogen and oxygen atoms in total. The Hall–Kier alpha value is -0.340. The van der Waals surface area contributed by atoms with Crippen molar-refractivity contribution in [3.8, 4) is 0 Å². The van der Waals surface area contributed by atoms with Crippen LogP contribution in [0.1, 0.15) is 24.2 Å². The van der Waals surface area contributed by atoms with E-state index in [0.717, 1.165) is 13.0 Å². The molecule has 2 heteroatoms. The molecule has 1 aliphatic heterocycles. The van der Waals surface area contributed by atoms with E-state index >= 15 is 0 Å². The first-order valence-corrected chi connectivity index (χ1v) is 4.97. The first-order valence-electron chi connectivity index (χ1n) is 4.18. The van der Waals surface area contributed by atoms with Crippen LogP contribution in [0, 0.1) is 0 Å². The zero-order valence-electron chi connectivity index (χ0n) is 7.01. The molecular weight excluding hydrogens is 216 g/mol. The average Bonchev–Trinajstić information content (AvgIpc) is 2.04. The third-order valence-electron chi connectivity index (χ3n) is 2.29. The second kappa shape index (κ2) is 3.19. The second-order valence-electron chi connectivity index (χ2n) is 3.08. The summed E-state index contributed by atoms with van der Waals surface area (Å²) in [5.41, 5.74) is 2.74. The van der Waals surface area contributed by atoms with Gasteiger partial charge in [0.25, 0.3) is 0 Å². The van der Waals surface area contributed by atoms with Crippen LogP contribution >= 0.6 is 15.9 Å². The first kappa shape index (κ1) is 8.27. The molecule has 0 amide bonds. The lowest BCUT2D eigenvalue weighted by molar-refractivity contribution is 0.0549. The van der Waals surface area contributed by atoms with Crippen molar-refractivity contribution in [2.75, 3.05) is 6.61 Å². The highest BCUT2D eigenvalue weighted by Crippen LogP contribution is 2.32. The van der Waals surface area contributed by atoms with Crippen molar-refractivity contribution in [1.29, 1.82) is 0 Å². The standard InChI is InChI=1S/C10H11BrO/c1-7-10-8(5-6-12-7)3-2-4-9(10)11/h2-4,7H,5-6H2,1H3. The summed E-state index contributed by atoms with van der Waals surface area (Å²) in [4.78, 5) is 0. The van der Waals surface area contributed by atoms with E-state index in [1.165, 1.54) is 15.6 Å². The van der Waals surface area contributed by atoms with E-state index in [1.807, 2.05) is 0 Å². The van der Waals surface area contributed by atoms with E-state index in [1.54, 1.807) is 0 Å². The van der Waals surface area contributed by atoms with Crippen LogP contribution in [-0.2, 0) is 11.2 Å². The van der Waals surface area contributed by atoms with Crippen LogP contribution in [0.5, 0.6) is 0 Å². The molecule has 1 heterocycles. The van der Waals surface area contributed by atoms with Crippen LogP contribution < -0.4 is 0 Å². The topological polar surface area (TPSA) is 9.23 Å². The van der Waals surface area contributed by atoms with Crippen molar-refractivity contribution in [3.63, 3.8) is 0 Å². The maximum atomic E-state index is 5.56. The minimum Gasteiger partial charge on any atom is -0.373 e. The second-order valence-corrected chi connectivity index (χ2v) is 3.93. The zero-order valence-corrected chi connectivity index (χ0v) is 8.60. The fourth-order valence-corrected chi connectivity index (χ4v) is 2.41. The quantitative estimate of drug-likeness (QED) is 0.661. The van der Waals surface area contributed by atoms with Gasteiger partial charge in [0, 0.05) is 4.47 Å². The van der Waals surface area contributed by atoms with Crippen molar-refractivity contribution in [1.82, 2.24) is 0 Å². The Balaban J connectivity index is 2.53. The minimum atomic E-state index is 0.240. The number of hydrogen-bond acceptors (Lipinski definition) is 1. The largest absolute Gasteiger partial charge is 0.373 e. The fourth-order valence-electron chi connectivity index (χ4n) is 1.68. The van der Waals surface area contributed by atoms with Gasteiger partial charge in [-0.25, -0.2) is 0 Å². The van der Waals surface area contributed by atoms with Crippen molar-refractivity contribution in [3.05, 3.63) is 33.8 Å². The first-order chi connectivity index (χ1) is 5.79. The summed E-state index contributed by atoms with van der Waals surface area (Å²) in [6.07, 6.45) is 1.28. The lowest BCUT2D eigenvalue weighted by Crippen LogP contribution is -2.14. The van der Waals surface area contributed by atoms with Gasteiger partial charge in [0.2, 0.25) is 0 Å². The minimum absolute atomic E-state index is 0.240.